The predicted molar refractivity (Wildman–Crippen MR) is 63.6 cm³/mol. The molecular weight excluding hydrogens is 316 g/mol. The molecule has 1 amide bonds. The molecule has 0 aliphatic heterocycles. The number of benzene rings is 1. The van der Waals surface area contributed by atoms with Gasteiger partial charge in [-0.3, -0.25) is 9.59 Å². The van der Waals surface area contributed by atoms with E-state index in [2.05, 4.69) is 5.32 Å². The van der Waals surface area contributed by atoms with Gasteiger partial charge in [-0.2, -0.15) is 0 Å². The number of carbonyl (C=O) groups excluding carboxylic acids is 2. The van der Waals surface area contributed by atoms with Crippen molar-refractivity contribution >= 4 is 51.0 Å². The summed E-state index contributed by atoms with van der Waals surface area (Å²) in [5.74, 6) is -0.145. The first kappa shape index (κ1) is 11.5. The van der Waals surface area contributed by atoms with Crippen molar-refractivity contribution in [1.82, 2.24) is 0 Å². The van der Waals surface area contributed by atoms with Crippen LogP contribution in [0.3, 0.4) is 0 Å². The monoisotopic (exact) mass is 323 g/mol. The first-order chi connectivity index (χ1) is 6.50. The van der Waals surface area contributed by atoms with Crippen LogP contribution < -0.4 is 5.32 Å². The largest absolute Gasteiger partial charge is 0.325 e. The van der Waals surface area contributed by atoms with Gasteiger partial charge in [0.2, 0.25) is 5.91 Å². The van der Waals surface area contributed by atoms with Gasteiger partial charge in [0.05, 0.1) is 5.69 Å². The SMILES string of the molecule is CC(=O)Nc1ccc(C(=O)Cl)cc1I. The third kappa shape index (κ3) is 2.95. The van der Waals surface area contributed by atoms with E-state index in [1.807, 2.05) is 22.6 Å². The minimum atomic E-state index is -0.503. The van der Waals surface area contributed by atoms with Gasteiger partial charge in [0, 0.05) is 16.1 Å². The fourth-order valence-corrected chi connectivity index (χ4v) is 1.70. The zero-order valence-electron chi connectivity index (χ0n) is 7.30. The average molecular weight is 324 g/mol. The van der Waals surface area contributed by atoms with Crippen molar-refractivity contribution in [2.45, 2.75) is 6.92 Å². The van der Waals surface area contributed by atoms with Gasteiger partial charge >= 0.3 is 0 Å². The molecule has 0 fully saturated rings. The second kappa shape index (κ2) is 4.75. The molecule has 1 aromatic rings. The molecule has 74 valence electrons. The first-order valence-electron chi connectivity index (χ1n) is 3.77. The molecule has 0 saturated heterocycles. The molecule has 0 bridgehead atoms. The van der Waals surface area contributed by atoms with Crippen molar-refractivity contribution in [2.24, 2.45) is 0 Å². The van der Waals surface area contributed by atoms with Crippen molar-refractivity contribution in [3.63, 3.8) is 0 Å². The molecule has 0 atom stereocenters. The van der Waals surface area contributed by atoms with Gasteiger partial charge in [0.15, 0.2) is 0 Å². The summed E-state index contributed by atoms with van der Waals surface area (Å²) in [5, 5.41) is 2.14. The van der Waals surface area contributed by atoms with Crippen LogP contribution in [0.4, 0.5) is 5.69 Å². The molecule has 0 aliphatic rings. The van der Waals surface area contributed by atoms with E-state index in [4.69, 9.17) is 11.6 Å². The lowest BCUT2D eigenvalue weighted by Gasteiger charge is -2.05. The smallest absolute Gasteiger partial charge is 0.252 e. The van der Waals surface area contributed by atoms with Gasteiger partial charge in [-0.05, 0) is 52.4 Å². The summed E-state index contributed by atoms with van der Waals surface area (Å²) in [6.07, 6.45) is 0. The van der Waals surface area contributed by atoms with Crippen LogP contribution in [0.2, 0.25) is 0 Å². The molecule has 14 heavy (non-hydrogen) atoms. The molecule has 0 aliphatic carbocycles. The Balaban J connectivity index is 3.01. The average Bonchev–Trinajstić information content (AvgIpc) is 2.07. The van der Waals surface area contributed by atoms with Crippen molar-refractivity contribution in [2.75, 3.05) is 5.32 Å². The van der Waals surface area contributed by atoms with Crippen LogP contribution in [-0.2, 0) is 4.79 Å². The van der Waals surface area contributed by atoms with E-state index < -0.39 is 5.24 Å². The van der Waals surface area contributed by atoms with Crippen LogP contribution in [0.25, 0.3) is 0 Å². The van der Waals surface area contributed by atoms with Crippen molar-refractivity contribution in [3.8, 4) is 0 Å². The van der Waals surface area contributed by atoms with E-state index in [1.165, 1.54) is 6.92 Å². The maximum Gasteiger partial charge on any atom is 0.252 e. The molecule has 5 heteroatoms. The summed E-state index contributed by atoms with van der Waals surface area (Å²) in [4.78, 5) is 21.6. The van der Waals surface area contributed by atoms with Gasteiger partial charge in [0.1, 0.15) is 0 Å². The Morgan fingerprint density at radius 3 is 2.50 bits per heavy atom. The predicted octanol–water partition coefficient (Wildman–Crippen LogP) is 2.63. The molecule has 0 heterocycles. The number of hydrogen-bond donors (Lipinski definition) is 1. The Morgan fingerprint density at radius 2 is 2.07 bits per heavy atom. The Kier molecular flexibility index (Phi) is 3.88. The summed E-state index contributed by atoms with van der Waals surface area (Å²) < 4.78 is 0.782. The van der Waals surface area contributed by atoms with E-state index in [-0.39, 0.29) is 5.91 Å². The Morgan fingerprint density at radius 1 is 1.43 bits per heavy atom. The minimum absolute atomic E-state index is 0.145. The van der Waals surface area contributed by atoms with Crippen LogP contribution in [0.15, 0.2) is 18.2 Å². The molecule has 0 unspecified atom stereocenters. The highest BCUT2D eigenvalue weighted by Crippen LogP contribution is 2.20. The summed E-state index contributed by atoms with van der Waals surface area (Å²) in [6.45, 7) is 1.43. The molecule has 1 aromatic carbocycles. The van der Waals surface area contributed by atoms with Crippen molar-refractivity contribution in [3.05, 3.63) is 27.3 Å². The fourth-order valence-electron chi connectivity index (χ4n) is 0.928. The zero-order valence-corrected chi connectivity index (χ0v) is 10.2. The Hall–Kier alpha value is -0.620. The van der Waals surface area contributed by atoms with Gasteiger partial charge < -0.3 is 5.32 Å². The third-order valence-corrected chi connectivity index (χ3v) is 2.62. The summed E-state index contributed by atoms with van der Waals surface area (Å²) >= 11 is 7.33. The molecule has 0 spiro atoms. The molecule has 3 nitrogen and oxygen atoms in total. The summed E-state index contributed by atoms with van der Waals surface area (Å²) in [5.41, 5.74) is 1.10. The number of carbonyl (C=O) groups is 2. The fraction of sp³-hybridized carbons (Fsp3) is 0.111. The van der Waals surface area contributed by atoms with Crippen LogP contribution >= 0.6 is 34.2 Å². The lowest BCUT2D eigenvalue weighted by Crippen LogP contribution is -2.07. The Labute approximate surface area is 100.0 Å². The highest BCUT2D eigenvalue weighted by atomic mass is 127. The number of hydrogen-bond acceptors (Lipinski definition) is 2. The van der Waals surface area contributed by atoms with Crippen LogP contribution in [0.5, 0.6) is 0 Å². The van der Waals surface area contributed by atoms with E-state index >= 15 is 0 Å². The highest BCUT2D eigenvalue weighted by molar-refractivity contribution is 14.1. The number of anilines is 1. The zero-order chi connectivity index (χ0) is 10.7. The minimum Gasteiger partial charge on any atom is -0.325 e. The molecule has 0 saturated carbocycles. The topological polar surface area (TPSA) is 46.2 Å². The van der Waals surface area contributed by atoms with Crippen LogP contribution in [0, 0.1) is 3.57 Å². The molecule has 1 rings (SSSR count). The van der Waals surface area contributed by atoms with E-state index in [1.54, 1.807) is 18.2 Å². The number of nitrogens with one attached hydrogen (secondary N) is 1. The lowest BCUT2D eigenvalue weighted by molar-refractivity contribution is -0.114. The second-order valence-electron chi connectivity index (χ2n) is 2.65. The summed E-state index contributed by atoms with van der Waals surface area (Å²) in [6, 6.07) is 4.85. The van der Waals surface area contributed by atoms with Crippen LogP contribution in [0.1, 0.15) is 17.3 Å². The molecule has 0 aromatic heterocycles. The number of halogens is 2. The van der Waals surface area contributed by atoms with E-state index in [0.717, 1.165) is 3.57 Å². The normalized spacial score (nSPS) is 9.64. The van der Waals surface area contributed by atoms with Crippen molar-refractivity contribution in [1.29, 1.82) is 0 Å². The van der Waals surface area contributed by atoms with Gasteiger partial charge in [0.25, 0.3) is 5.24 Å². The van der Waals surface area contributed by atoms with Crippen molar-refractivity contribution < 1.29 is 9.59 Å². The van der Waals surface area contributed by atoms with Gasteiger partial charge in [-0.15, -0.1) is 0 Å². The number of amides is 1. The summed E-state index contributed by atoms with van der Waals surface area (Å²) in [7, 11) is 0. The van der Waals surface area contributed by atoms with E-state index in [0.29, 0.717) is 11.3 Å². The highest BCUT2D eigenvalue weighted by Gasteiger charge is 2.06. The quantitative estimate of drug-likeness (QED) is 0.672. The number of rotatable bonds is 2. The van der Waals surface area contributed by atoms with Crippen LogP contribution in [-0.4, -0.2) is 11.1 Å². The molecular formula is C9H7ClINO2. The molecule has 1 N–H and O–H groups in total. The maximum atomic E-state index is 10.8. The third-order valence-electron chi connectivity index (χ3n) is 1.51. The molecule has 0 radical (unpaired) electrons. The first-order valence-corrected chi connectivity index (χ1v) is 5.23. The van der Waals surface area contributed by atoms with Gasteiger partial charge in [-0.1, -0.05) is 0 Å². The lowest BCUT2D eigenvalue weighted by atomic mass is 10.2. The Bertz CT molecular complexity index is 392. The standard InChI is InChI=1S/C9H7ClINO2/c1-5(13)12-8-3-2-6(9(10)14)4-7(8)11/h2-4H,1H3,(H,12,13). The van der Waals surface area contributed by atoms with E-state index in [9.17, 15) is 9.59 Å². The van der Waals surface area contributed by atoms with Gasteiger partial charge in [-0.25, -0.2) is 0 Å². The maximum absolute atomic E-state index is 10.8. The second-order valence-corrected chi connectivity index (χ2v) is 4.15.